The van der Waals surface area contributed by atoms with Gasteiger partial charge in [-0.3, -0.25) is 14.6 Å². The van der Waals surface area contributed by atoms with Crippen molar-refractivity contribution >= 4 is 17.6 Å². The smallest absolute Gasteiger partial charge is 0.309 e. The third-order valence-corrected chi connectivity index (χ3v) is 3.28. The predicted octanol–water partition coefficient (Wildman–Crippen LogP) is 0.789. The van der Waals surface area contributed by atoms with Crippen molar-refractivity contribution in [1.82, 2.24) is 10.3 Å². The van der Waals surface area contributed by atoms with Gasteiger partial charge in [0.2, 0.25) is 5.91 Å². The lowest BCUT2D eigenvalue weighted by Crippen LogP contribution is -2.47. The molecule has 1 aliphatic heterocycles. The average molecular weight is 263 g/mol. The van der Waals surface area contributed by atoms with E-state index < -0.39 is 11.5 Å². The van der Waals surface area contributed by atoms with Gasteiger partial charge in [-0.05, 0) is 38.4 Å². The van der Waals surface area contributed by atoms with Gasteiger partial charge in [-0.15, -0.1) is 0 Å². The molecule has 2 heterocycles. The van der Waals surface area contributed by atoms with E-state index in [4.69, 9.17) is 5.11 Å². The lowest BCUT2D eigenvalue weighted by Gasteiger charge is -2.22. The molecule has 0 saturated carbocycles. The first kappa shape index (κ1) is 13.5. The van der Waals surface area contributed by atoms with Crippen LogP contribution in [0.15, 0.2) is 18.3 Å². The molecule has 1 fully saturated rings. The summed E-state index contributed by atoms with van der Waals surface area (Å²) in [5.74, 6) is -1.01. The van der Waals surface area contributed by atoms with Gasteiger partial charge in [0.15, 0.2) is 0 Å². The Morgan fingerprint density at radius 3 is 2.84 bits per heavy atom. The first-order valence-corrected chi connectivity index (χ1v) is 6.23. The van der Waals surface area contributed by atoms with Crippen molar-refractivity contribution in [2.24, 2.45) is 0 Å². The van der Waals surface area contributed by atoms with E-state index in [0.717, 1.165) is 19.4 Å². The van der Waals surface area contributed by atoms with Crippen LogP contribution in [-0.4, -0.2) is 34.1 Å². The van der Waals surface area contributed by atoms with Crippen molar-refractivity contribution in [2.45, 2.75) is 31.7 Å². The van der Waals surface area contributed by atoms with Crippen LogP contribution in [0.1, 0.15) is 25.5 Å². The lowest BCUT2D eigenvalue weighted by molar-refractivity contribution is -0.136. The third kappa shape index (κ3) is 3.29. The molecular weight excluding hydrogens is 246 g/mol. The van der Waals surface area contributed by atoms with E-state index in [0.29, 0.717) is 11.4 Å². The predicted molar refractivity (Wildman–Crippen MR) is 69.8 cm³/mol. The third-order valence-electron chi connectivity index (χ3n) is 3.28. The van der Waals surface area contributed by atoms with Crippen LogP contribution < -0.4 is 10.6 Å². The molecule has 2 rings (SSSR count). The Morgan fingerprint density at radius 1 is 1.53 bits per heavy atom. The number of carbonyl (C=O) groups excluding carboxylic acids is 1. The second-order valence-electron chi connectivity index (χ2n) is 4.93. The number of aliphatic carboxylic acids is 1. The zero-order valence-corrected chi connectivity index (χ0v) is 10.8. The monoisotopic (exact) mass is 263 g/mol. The Morgan fingerprint density at radius 2 is 2.32 bits per heavy atom. The van der Waals surface area contributed by atoms with Crippen molar-refractivity contribution in [2.75, 3.05) is 11.9 Å². The summed E-state index contributed by atoms with van der Waals surface area (Å²) in [4.78, 5) is 26.6. The first-order valence-electron chi connectivity index (χ1n) is 6.23. The maximum absolute atomic E-state index is 12.1. The van der Waals surface area contributed by atoms with E-state index in [1.165, 1.54) is 6.20 Å². The van der Waals surface area contributed by atoms with Crippen LogP contribution >= 0.6 is 0 Å². The molecule has 102 valence electrons. The summed E-state index contributed by atoms with van der Waals surface area (Å²) in [6.07, 6.45) is 3.16. The maximum Gasteiger partial charge on any atom is 0.309 e. The van der Waals surface area contributed by atoms with Crippen molar-refractivity contribution < 1.29 is 14.7 Å². The number of nitrogens with zero attached hydrogens (tertiary/aromatic N) is 1. The minimum Gasteiger partial charge on any atom is -0.481 e. The van der Waals surface area contributed by atoms with Gasteiger partial charge < -0.3 is 15.7 Å². The number of hydrogen-bond acceptors (Lipinski definition) is 4. The fourth-order valence-corrected chi connectivity index (χ4v) is 2.12. The molecule has 0 aromatic carbocycles. The number of pyridine rings is 1. The van der Waals surface area contributed by atoms with E-state index in [9.17, 15) is 9.59 Å². The van der Waals surface area contributed by atoms with Crippen molar-refractivity contribution in [3.05, 3.63) is 24.0 Å². The molecule has 0 spiro atoms. The van der Waals surface area contributed by atoms with Crippen LogP contribution in [0.4, 0.5) is 5.69 Å². The van der Waals surface area contributed by atoms with Crippen LogP contribution in [-0.2, 0) is 16.0 Å². The zero-order valence-electron chi connectivity index (χ0n) is 10.8. The van der Waals surface area contributed by atoms with Crippen molar-refractivity contribution in [3.8, 4) is 0 Å². The highest BCUT2D eigenvalue weighted by Crippen LogP contribution is 2.20. The number of amides is 1. The van der Waals surface area contributed by atoms with Gasteiger partial charge in [-0.25, -0.2) is 0 Å². The van der Waals surface area contributed by atoms with Crippen molar-refractivity contribution in [1.29, 1.82) is 0 Å². The van der Waals surface area contributed by atoms with Gasteiger partial charge in [0, 0.05) is 0 Å². The summed E-state index contributed by atoms with van der Waals surface area (Å²) in [6.45, 7) is 2.72. The second-order valence-corrected chi connectivity index (χ2v) is 4.93. The molecule has 1 aromatic heterocycles. The van der Waals surface area contributed by atoms with Gasteiger partial charge >= 0.3 is 5.97 Å². The Bertz CT molecular complexity index is 478. The van der Waals surface area contributed by atoms with Gasteiger partial charge in [0.05, 0.1) is 29.5 Å². The summed E-state index contributed by atoms with van der Waals surface area (Å²) in [5.41, 5.74) is 0.518. The fourth-order valence-electron chi connectivity index (χ4n) is 2.12. The number of aromatic nitrogens is 1. The van der Waals surface area contributed by atoms with E-state index in [-0.39, 0.29) is 12.3 Å². The molecule has 19 heavy (non-hydrogen) atoms. The minimum atomic E-state index is -0.924. The topological polar surface area (TPSA) is 91.3 Å². The number of nitrogens with one attached hydrogen (secondary N) is 2. The first-order chi connectivity index (χ1) is 8.99. The summed E-state index contributed by atoms with van der Waals surface area (Å²) < 4.78 is 0. The molecule has 1 saturated heterocycles. The highest BCUT2D eigenvalue weighted by Gasteiger charge is 2.35. The molecule has 6 heteroatoms. The molecule has 0 radical (unpaired) electrons. The number of carboxylic acid groups (broad SMARTS) is 1. The number of anilines is 1. The van der Waals surface area contributed by atoms with Gasteiger partial charge in [0.1, 0.15) is 0 Å². The average Bonchev–Trinajstić information content (AvgIpc) is 2.79. The number of carbonyl (C=O) groups is 2. The molecule has 0 aliphatic carbocycles. The van der Waals surface area contributed by atoms with Crippen LogP contribution in [0.25, 0.3) is 0 Å². The Labute approximate surface area is 111 Å². The Balaban J connectivity index is 1.99. The molecule has 6 nitrogen and oxygen atoms in total. The number of hydrogen-bond donors (Lipinski definition) is 3. The SMILES string of the molecule is CC1(C(=O)Nc2ccc(CC(=O)O)nc2)CCCN1. The van der Waals surface area contributed by atoms with E-state index in [2.05, 4.69) is 15.6 Å². The second kappa shape index (κ2) is 5.36. The van der Waals surface area contributed by atoms with E-state index in [1.54, 1.807) is 12.1 Å². The van der Waals surface area contributed by atoms with Crippen LogP contribution in [0, 0.1) is 0 Å². The van der Waals surface area contributed by atoms with E-state index in [1.807, 2.05) is 6.92 Å². The Kier molecular flexibility index (Phi) is 3.80. The molecule has 3 N–H and O–H groups in total. The van der Waals surface area contributed by atoms with Crippen LogP contribution in [0.5, 0.6) is 0 Å². The highest BCUT2D eigenvalue weighted by atomic mass is 16.4. The quantitative estimate of drug-likeness (QED) is 0.747. The number of rotatable bonds is 4. The van der Waals surface area contributed by atoms with Gasteiger partial charge in [-0.2, -0.15) is 0 Å². The van der Waals surface area contributed by atoms with E-state index >= 15 is 0 Å². The fraction of sp³-hybridized carbons (Fsp3) is 0.462. The Hall–Kier alpha value is -1.95. The van der Waals surface area contributed by atoms with Crippen LogP contribution in [0.3, 0.4) is 0 Å². The maximum atomic E-state index is 12.1. The normalized spacial score (nSPS) is 22.2. The molecular formula is C13H17N3O3. The zero-order chi connectivity index (χ0) is 13.9. The number of carboxylic acids is 1. The lowest BCUT2D eigenvalue weighted by atomic mass is 9.99. The minimum absolute atomic E-state index is 0.0854. The molecule has 1 unspecified atom stereocenters. The summed E-state index contributed by atoms with van der Waals surface area (Å²) in [6, 6.07) is 3.27. The standard InChI is InChI=1S/C13H17N3O3/c1-13(5-2-6-15-13)12(19)16-10-4-3-9(14-8-10)7-11(17)18/h3-4,8,15H,2,5-7H2,1H3,(H,16,19)(H,17,18). The van der Waals surface area contributed by atoms with Crippen molar-refractivity contribution in [3.63, 3.8) is 0 Å². The summed E-state index contributed by atoms with van der Waals surface area (Å²) >= 11 is 0. The molecule has 1 amide bonds. The summed E-state index contributed by atoms with van der Waals surface area (Å²) in [5, 5.41) is 14.6. The summed E-state index contributed by atoms with van der Waals surface area (Å²) in [7, 11) is 0. The van der Waals surface area contributed by atoms with Gasteiger partial charge in [-0.1, -0.05) is 0 Å². The highest BCUT2D eigenvalue weighted by molar-refractivity contribution is 5.97. The molecule has 0 bridgehead atoms. The van der Waals surface area contributed by atoms with Crippen LogP contribution in [0.2, 0.25) is 0 Å². The molecule has 1 aliphatic rings. The molecule has 1 atom stereocenters. The largest absolute Gasteiger partial charge is 0.481 e. The van der Waals surface area contributed by atoms with Gasteiger partial charge in [0.25, 0.3) is 0 Å². The molecule has 1 aromatic rings.